The average Bonchev–Trinajstić information content (AvgIpc) is 2.64. The number of alkyl halides is 3. The van der Waals surface area contributed by atoms with Crippen molar-refractivity contribution in [1.82, 2.24) is 4.31 Å². The standard InChI is InChI=1S/C9H17F3N2O2S/c1-2-14(17(15,16)9(10,11)12)8-5-3-4-7(8)6-13/h7-8H,2-6,13H2,1H3. The molecular formula is C9H17F3N2O2S. The molecule has 2 unspecified atom stereocenters. The fourth-order valence-electron chi connectivity index (χ4n) is 2.39. The lowest BCUT2D eigenvalue weighted by Crippen LogP contribution is -2.48. The molecule has 1 saturated carbocycles. The summed E-state index contributed by atoms with van der Waals surface area (Å²) >= 11 is 0. The molecule has 0 spiro atoms. The van der Waals surface area contributed by atoms with E-state index in [2.05, 4.69) is 0 Å². The fourth-order valence-corrected chi connectivity index (χ4v) is 3.63. The highest BCUT2D eigenvalue weighted by Crippen LogP contribution is 2.35. The molecule has 0 heterocycles. The molecule has 0 aromatic heterocycles. The topological polar surface area (TPSA) is 63.4 Å². The molecule has 0 radical (unpaired) electrons. The van der Waals surface area contributed by atoms with E-state index in [4.69, 9.17) is 5.73 Å². The normalized spacial score (nSPS) is 26.7. The van der Waals surface area contributed by atoms with Gasteiger partial charge in [-0.1, -0.05) is 13.3 Å². The molecule has 102 valence electrons. The maximum atomic E-state index is 12.5. The molecule has 0 aliphatic heterocycles. The van der Waals surface area contributed by atoms with Crippen LogP contribution in [0.25, 0.3) is 0 Å². The third-order valence-electron chi connectivity index (χ3n) is 3.20. The molecule has 1 aliphatic rings. The van der Waals surface area contributed by atoms with Gasteiger partial charge >= 0.3 is 15.5 Å². The summed E-state index contributed by atoms with van der Waals surface area (Å²) in [6.07, 6.45) is 1.85. The van der Waals surface area contributed by atoms with Gasteiger partial charge in [0.05, 0.1) is 0 Å². The summed E-state index contributed by atoms with van der Waals surface area (Å²) in [4.78, 5) is 0. The van der Waals surface area contributed by atoms with E-state index in [1.54, 1.807) is 0 Å². The van der Waals surface area contributed by atoms with Gasteiger partial charge in [-0.15, -0.1) is 0 Å². The van der Waals surface area contributed by atoms with E-state index in [0.717, 1.165) is 6.42 Å². The van der Waals surface area contributed by atoms with E-state index >= 15 is 0 Å². The van der Waals surface area contributed by atoms with Crippen LogP contribution in [0.3, 0.4) is 0 Å². The summed E-state index contributed by atoms with van der Waals surface area (Å²) < 4.78 is 60.8. The van der Waals surface area contributed by atoms with Gasteiger partial charge in [-0.2, -0.15) is 17.5 Å². The Morgan fingerprint density at radius 2 is 1.94 bits per heavy atom. The van der Waals surface area contributed by atoms with Gasteiger partial charge in [0.15, 0.2) is 0 Å². The lowest BCUT2D eigenvalue weighted by molar-refractivity contribution is -0.0503. The second-order valence-electron chi connectivity index (χ2n) is 4.15. The van der Waals surface area contributed by atoms with Crippen molar-refractivity contribution in [2.24, 2.45) is 11.7 Å². The minimum absolute atomic E-state index is 0.174. The fraction of sp³-hybridized carbons (Fsp3) is 1.00. The van der Waals surface area contributed by atoms with Crippen molar-refractivity contribution in [3.8, 4) is 0 Å². The van der Waals surface area contributed by atoms with Gasteiger partial charge in [0.25, 0.3) is 0 Å². The molecule has 0 amide bonds. The summed E-state index contributed by atoms with van der Waals surface area (Å²) in [5, 5.41) is 0. The van der Waals surface area contributed by atoms with Crippen molar-refractivity contribution in [2.75, 3.05) is 13.1 Å². The van der Waals surface area contributed by atoms with Crippen LogP contribution in [0.15, 0.2) is 0 Å². The third-order valence-corrected chi connectivity index (χ3v) is 4.94. The minimum Gasteiger partial charge on any atom is -0.330 e. The van der Waals surface area contributed by atoms with E-state index in [0.29, 0.717) is 17.1 Å². The first-order chi connectivity index (χ1) is 7.75. The Bertz CT molecular complexity index is 356. The van der Waals surface area contributed by atoms with Crippen molar-refractivity contribution >= 4 is 10.0 Å². The van der Waals surface area contributed by atoms with Crippen LogP contribution in [0.4, 0.5) is 13.2 Å². The van der Waals surface area contributed by atoms with Crippen molar-refractivity contribution in [1.29, 1.82) is 0 Å². The monoisotopic (exact) mass is 274 g/mol. The highest BCUT2D eigenvalue weighted by Gasteiger charge is 2.52. The van der Waals surface area contributed by atoms with Crippen molar-refractivity contribution in [2.45, 2.75) is 37.7 Å². The van der Waals surface area contributed by atoms with Gasteiger partial charge in [-0.25, -0.2) is 8.42 Å². The Morgan fingerprint density at radius 1 is 1.35 bits per heavy atom. The summed E-state index contributed by atoms with van der Waals surface area (Å²) in [6.45, 7) is 1.45. The molecule has 1 fully saturated rings. The number of nitrogens with zero attached hydrogens (tertiary/aromatic N) is 1. The maximum Gasteiger partial charge on any atom is 0.511 e. The summed E-state index contributed by atoms with van der Waals surface area (Å²) in [6, 6.07) is -0.614. The first-order valence-electron chi connectivity index (χ1n) is 5.53. The van der Waals surface area contributed by atoms with Gasteiger partial charge in [0, 0.05) is 12.6 Å². The summed E-state index contributed by atoms with van der Waals surface area (Å²) in [5.41, 5.74) is 0.235. The zero-order chi connectivity index (χ0) is 13.3. The molecule has 0 aromatic carbocycles. The van der Waals surface area contributed by atoms with Gasteiger partial charge in [-0.3, -0.25) is 0 Å². The Morgan fingerprint density at radius 3 is 2.35 bits per heavy atom. The summed E-state index contributed by atoms with van der Waals surface area (Å²) in [5.74, 6) is -0.174. The highest BCUT2D eigenvalue weighted by atomic mass is 32.2. The van der Waals surface area contributed by atoms with E-state index in [1.807, 2.05) is 0 Å². The maximum absolute atomic E-state index is 12.5. The van der Waals surface area contributed by atoms with Gasteiger partial charge in [-0.05, 0) is 25.3 Å². The number of halogens is 3. The van der Waals surface area contributed by atoms with E-state index in [9.17, 15) is 21.6 Å². The van der Waals surface area contributed by atoms with Crippen molar-refractivity contribution in [3.05, 3.63) is 0 Å². The van der Waals surface area contributed by atoms with E-state index < -0.39 is 21.6 Å². The smallest absolute Gasteiger partial charge is 0.330 e. The number of rotatable bonds is 4. The highest BCUT2D eigenvalue weighted by molar-refractivity contribution is 7.90. The van der Waals surface area contributed by atoms with E-state index in [1.165, 1.54) is 6.92 Å². The van der Waals surface area contributed by atoms with Crippen LogP contribution < -0.4 is 5.73 Å². The van der Waals surface area contributed by atoms with Crippen LogP contribution in [-0.2, 0) is 10.0 Å². The Balaban J connectivity index is 3.00. The first kappa shape index (κ1) is 14.7. The second kappa shape index (κ2) is 5.11. The van der Waals surface area contributed by atoms with Gasteiger partial charge in [0.1, 0.15) is 0 Å². The molecule has 0 bridgehead atoms. The molecule has 1 rings (SSSR count). The Kier molecular flexibility index (Phi) is 4.43. The molecule has 2 N–H and O–H groups in total. The molecule has 4 nitrogen and oxygen atoms in total. The van der Waals surface area contributed by atoms with Crippen molar-refractivity contribution < 1.29 is 21.6 Å². The SMILES string of the molecule is CCN(C1CCCC1CN)S(=O)(=O)C(F)(F)F. The third kappa shape index (κ3) is 2.74. The summed E-state index contributed by atoms with van der Waals surface area (Å²) in [7, 11) is -5.24. The van der Waals surface area contributed by atoms with Gasteiger partial charge in [0.2, 0.25) is 0 Å². The van der Waals surface area contributed by atoms with Crippen LogP contribution in [0.2, 0.25) is 0 Å². The number of sulfonamides is 1. The predicted octanol–water partition coefficient (Wildman–Crippen LogP) is 1.29. The largest absolute Gasteiger partial charge is 0.511 e. The molecule has 8 heteroatoms. The molecule has 1 aliphatic carbocycles. The lowest BCUT2D eigenvalue weighted by Gasteiger charge is -2.31. The second-order valence-corrected chi connectivity index (χ2v) is 6.03. The Hall–Kier alpha value is -0.340. The van der Waals surface area contributed by atoms with Crippen LogP contribution in [0.5, 0.6) is 0 Å². The van der Waals surface area contributed by atoms with Crippen LogP contribution in [0.1, 0.15) is 26.2 Å². The molecular weight excluding hydrogens is 257 g/mol. The minimum atomic E-state index is -5.24. The van der Waals surface area contributed by atoms with Gasteiger partial charge < -0.3 is 5.73 Å². The van der Waals surface area contributed by atoms with Crippen LogP contribution in [-0.4, -0.2) is 37.4 Å². The number of hydrogen-bond acceptors (Lipinski definition) is 3. The number of hydrogen-bond donors (Lipinski definition) is 1. The quantitative estimate of drug-likeness (QED) is 0.840. The molecule has 2 atom stereocenters. The number of nitrogens with two attached hydrogens (primary N) is 1. The predicted molar refractivity (Wildman–Crippen MR) is 57.5 cm³/mol. The first-order valence-corrected chi connectivity index (χ1v) is 6.97. The average molecular weight is 274 g/mol. The molecule has 17 heavy (non-hydrogen) atoms. The zero-order valence-electron chi connectivity index (χ0n) is 9.57. The van der Waals surface area contributed by atoms with Crippen molar-refractivity contribution in [3.63, 3.8) is 0 Å². The Labute approximate surface area is 99.0 Å². The molecule has 0 aromatic rings. The zero-order valence-corrected chi connectivity index (χ0v) is 10.4. The molecule has 0 saturated heterocycles. The van der Waals surface area contributed by atoms with E-state index in [-0.39, 0.29) is 19.0 Å². The lowest BCUT2D eigenvalue weighted by atomic mass is 10.0. The van der Waals surface area contributed by atoms with Crippen LogP contribution in [0, 0.1) is 5.92 Å². The van der Waals surface area contributed by atoms with Crippen LogP contribution >= 0.6 is 0 Å².